The number of nitrogens with zero attached hydrogens (tertiary/aromatic N) is 1. The van der Waals surface area contributed by atoms with Gasteiger partial charge in [-0.3, -0.25) is 9.78 Å². The number of carbonyl (C=O) groups is 1. The molecular formula is C15H23N3O2. The van der Waals surface area contributed by atoms with Crippen LogP contribution >= 0.6 is 0 Å². The van der Waals surface area contributed by atoms with Gasteiger partial charge in [0.05, 0.1) is 18.0 Å². The van der Waals surface area contributed by atoms with Crippen molar-refractivity contribution in [3.05, 3.63) is 24.0 Å². The number of nitrogens with one attached hydrogen (secondary N) is 1. The van der Waals surface area contributed by atoms with E-state index in [1.807, 2.05) is 33.8 Å². The number of pyridine rings is 1. The third-order valence-corrected chi connectivity index (χ3v) is 4.52. The van der Waals surface area contributed by atoms with Gasteiger partial charge in [-0.2, -0.15) is 0 Å². The van der Waals surface area contributed by atoms with Crippen LogP contribution in [0.3, 0.4) is 0 Å². The molecule has 0 aliphatic heterocycles. The van der Waals surface area contributed by atoms with Crippen molar-refractivity contribution >= 4 is 11.6 Å². The van der Waals surface area contributed by atoms with E-state index in [4.69, 9.17) is 10.5 Å². The van der Waals surface area contributed by atoms with Gasteiger partial charge in [0.15, 0.2) is 0 Å². The zero-order valence-electron chi connectivity index (χ0n) is 12.6. The van der Waals surface area contributed by atoms with E-state index in [1.165, 1.54) is 0 Å². The summed E-state index contributed by atoms with van der Waals surface area (Å²) in [5, 5.41) is 2.89. The van der Waals surface area contributed by atoms with Crippen LogP contribution < -0.4 is 11.1 Å². The van der Waals surface area contributed by atoms with Crippen LogP contribution in [0.5, 0.6) is 0 Å². The summed E-state index contributed by atoms with van der Waals surface area (Å²) in [6.45, 7) is 8.47. The first kappa shape index (κ1) is 14.9. The summed E-state index contributed by atoms with van der Waals surface area (Å²) in [7, 11) is 0. The predicted molar refractivity (Wildman–Crippen MR) is 78.3 cm³/mol. The van der Waals surface area contributed by atoms with E-state index in [9.17, 15) is 4.79 Å². The summed E-state index contributed by atoms with van der Waals surface area (Å²) >= 11 is 0. The molecular weight excluding hydrogens is 254 g/mol. The van der Waals surface area contributed by atoms with Crippen molar-refractivity contribution in [3.63, 3.8) is 0 Å². The fourth-order valence-corrected chi connectivity index (χ4v) is 2.65. The number of aromatic nitrogens is 1. The van der Waals surface area contributed by atoms with Crippen LogP contribution in [-0.2, 0) is 9.53 Å². The molecule has 0 bridgehead atoms. The highest BCUT2D eigenvalue weighted by molar-refractivity contribution is 6.00. The highest BCUT2D eigenvalue weighted by Crippen LogP contribution is 2.50. The second kappa shape index (κ2) is 5.14. The van der Waals surface area contributed by atoms with Crippen molar-refractivity contribution in [1.29, 1.82) is 0 Å². The van der Waals surface area contributed by atoms with Gasteiger partial charge in [-0.15, -0.1) is 0 Å². The van der Waals surface area contributed by atoms with Crippen LogP contribution in [0.4, 0.5) is 5.69 Å². The molecule has 1 aliphatic rings. The molecule has 1 amide bonds. The van der Waals surface area contributed by atoms with E-state index in [-0.39, 0.29) is 17.4 Å². The molecule has 1 saturated carbocycles. The maximum Gasteiger partial charge on any atom is 0.245 e. The van der Waals surface area contributed by atoms with Gasteiger partial charge in [0.25, 0.3) is 0 Å². The van der Waals surface area contributed by atoms with Gasteiger partial charge < -0.3 is 15.8 Å². The van der Waals surface area contributed by atoms with Crippen LogP contribution in [-0.4, -0.2) is 29.1 Å². The molecule has 0 spiro atoms. The highest BCUT2D eigenvalue weighted by atomic mass is 16.5. The lowest BCUT2D eigenvalue weighted by atomic mass is 9.54. The number of rotatable bonds is 4. The number of anilines is 1. The molecule has 2 atom stereocenters. The average molecular weight is 277 g/mol. The number of carbonyl (C=O) groups excluding carboxylic acids is 1. The Morgan fingerprint density at radius 3 is 2.85 bits per heavy atom. The van der Waals surface area contributed by atoms with Crippen molar-refractivity contribution in [3.8, 4) is 0 Å². The maximum atomic E-state index is 12.5. The first-order chi connectivity index (χ1) is 9.33. The summed E-state index contributed by atoms with van der Waals surface area (Å²) < 4.78 is 5.64. The van der Waals surface area contributed by atoms with Crippen LogP contribution in [0.2, 0.25) is 0 Å². The van der Waals surface area contributed by atoms with E-state index >= 15 is 0 Å². The quantitative estimate of drug-likeness (QED) is 0.880. The number of ether oxygens (including phenoxy) is 1. The molecule has 0 aromatic carbocycles. The number of hydrogen-bond donors (Lipinski definition) is 2. The minimum Gasteiger partial charge on any atom is -0.378 e. The fourth-order valence-electron chi connectivity index (χ4n) is 2.65. The first-order valence-corrected chi connectivity index (χ1v) is 6.95. The van der Waals surface area contributed by atoms with Crippen molar-refractivity contribution in [2.75, 3.05) is 11.9 Å². The lowest BCUT2D eigenvalue weighted by Crippen LogP contribution is -2.74. The molecule has 1 aromatic heterocycles. The maximum absolute atomic E-state index is 12.5. The third-order valence-electron chi connectivity index (χ3n) is 4.52. The Labute approximate surface area is 119 Å². The van der Waals surface area contributed by atoms with Crippen LogP contribution in [0.25, 0.3) is 0 Å². The summed E-state index contributed by atoms with van der Waals surface area (Å²) in [6, 6.07) is 1.85. The Bertz CT molecular complexity index is 516. The van der Waals surface area contributed by atoms with Crippen LogP contribution in [0.15, 0.2) is 18.5 Å². The molecule has 1 aromatic rings. The number of aryl methyl sites for hydroxylation is 1. The predicted octanol–water partition coefficient (Wildman–Crippen LogP) is 1.86. The molecule has 110 valence electrons. The molecule has 5 heteroatoms. The Kier molecular flexibility index (Phi) is 3.84. The second-order valence-corrected chi connectivity index (χ2v) is 5.99. The number of hydrogen-bond acceptors (Lipinski definition) is 4. The SMILES string of the molecule is CCOC1CC(N)(C(=O)Nc2cnccc2C)C1(C)C. The zero-order valence-corrected chi connectivity index (χ0v) is 12.6. The molecule has 1 heterocycles. The fraction of sp³-hybridized carbons (Fsp3) is 0.600. The molecule has 0 radical (unpaired) electrons. The molecule has 2 rings (SSSR count). The summed E-state index contributed by atoms with van der Waals surface area (Å²) in [4.78, 5) is 16.5. The zero-order chi connectivity index (χ0) is 15.0. The Morgan fingerprint density at radius 1 is 1.60 bits per heavy atom. The van der Waals surface area contributed by atoms with E-state index < -0.39 is 5.54 Å². The Hall–Kier alpha value is -1.46. The lowest BCUT2D eigenvalue weighted by molar-refractivity contribution is -0.166. The van der Waals surface area contributed by atoms with Crippen molar-refractivity contribution in [2.45, 2.75) is 45.8 Å². The summed E-state index contributed by atoms with van der Waals surface area (Å²) in [5.74, 6) is -0.172. The van der Waals surface area contributed by atoms with Gasteiger partial charge in [-0.05, 0) is 25.5 Å². The largest absolute Gasteiger partial charge is 0.378 e. The summed E-state index contributed by atoms with van der Waals surface area (Å²) in [6.07, 6.45) is 3.90. The molecule has 5 nitrogen and oxygen atoms in total. The number of nitrogens with two attached hydrogens (primary N) is 1. The second-order valence-electron chi connectivity index (χ2n) is 5.99. The smallest absolute Gasteiger partial charge is 0.245 e. The molecule has 20 heavy (non-hydrogen) atoms. The van der Waals surface area contributed by atoms with Gasteiger partial charge >= 0.3 is 0 Å². The third kappa shape index (κ3) is 2.21. The summed E-state index contributed by atoms with van der Waals surface area (Å²) in [5.41, 5.74) is 6.71. The first-order valence-electron chi connectivity index (χ1n) is 6.95. The van der Waals surface area contributed by atoms with Crippen molar-refractivity contribution in [2.24, 2.45) is 11.1 Å². The molecule has 3 N–H and O–H groups in total. The standard InChI is InChI=1S/C15H23N3O2/c1-5-20-12-8-15(16,14(12,3)4)13(19)18-11-9-17-7-6-10(11)2/h6-7,9,12H,5,8,16H2,1-4H3,(H,18,19). The van der Waals surface area contributed by atoms with Gasteiger partial charge in [0.2, 0.25) is 5.91 Å². The minimum absolute atomic E-state index is 0.0262. The van der Waals surface area contributed by atoms with Gasteiger partial charge in [-0.1, -0.05) is 13.8 Å². The van der Waals surface area contributed by atoms with E-state index in [2.05, 4.69) is 10.3 Å². The van der Waals surface area contributed by atoms with Gasteiger partial charge in [0, 0.05) is 24.6 Å². The molecule has 1 fully saturated rings. The van der Waals surface area contributed by atoms with Gasteiger partial charge in [0.1, 0.15) is 5.54 Å². The van der Waals surface area contributed by atoms with Crippen LogP contribution in [0, 0.1) is 12.3 Å². The van der Waals surface area contributed by atoms with Gasteiger partial charge in [-0.25, -0.2) is 0 Å². The van der Waals surface area contributed by atoms with Crippen LogP contribution in [0.1, 0.15) is 32.8 Å². The average Bonchev–Trinajstić information content (AvgIpc) is 2.40. The minimum atomic E-state index is -0.908. The lowest BCUT2D eigenvalue weighted by Gasteiger charge is -2.57. The van der Waals surface area contributed by atoms with E-state index in [0.717, 1.165) is 5.56 Å². The Morgan fingerprint density at radius 2 is 2.30 bits per heavy atom. The number of amides is 1. The highest BCUT2D eigenvalue weighted by Gasteiger charge is 2.62. The monoisotopic (exact) mass is 277 g/mol. The Balaban J connectivity index is 2.12. The van der Waals surface area contributed by atoms with Crippen molar-refractivity contribution < 1.29 is 9.53 Å². The molecule has 0 saturated heterocycles. The van der Waals surface area contributed by atoms with Crippen molar-refractivity contribution in [1.82, 2.24) is 4.98 Å². The normalized spacial score (nSPS) is 27.8. The molecule has 1 aliphatic carbocycles. The van der Waals surface area contributed by atoms with E-state index in [1.54, 1.807) is 12.4 Å². The molecule has 2 unspecified atom stereocenters. The topological polar surface area (TPSA) is 77.2 Å². The van der Waals surface area contributed by atoms with E-state index in [0.29, 0.717) is 18.7 Å².